The number of rotatable bonds is 7. The van der Waals surface area contributed by atoms with Gasteiger partial charge in [-0.3, -0.25) is 4.79 Å². The average Bonchev–Trinajstić information content (AvgIpc) is 2.43. The number of carboxylic acid groups (broad SMARTS) is 1. The first kappa shape index (κ1) is 17.2. The number of amides is 3. The lowest BCUT2D eigenvalue weighted by Gasteiger charge is -2.32. The number of primary amides is 1. The van der Waals surface area contributed by atoms with Gasteiger partial charge in [0.2, 0.25) is 5.91 Å². The van der Waals surface area contributed by atoms with E-state index in [1.165, 1.54) is 0 Å². The van der Waals surface area contributed by atoms with Gasteiger partial charge in [0.1, 0.15) is 6.04 Å². The molecule has 0 aliphatic carbocycles. The fraction of sp³-hybridized carbons (Fsp3) is 0.769. The quantitative estimate of drug-likeness (QED) is 0.607. The SMILES string of the molecule is CCOC1CCN(C(=O)N[C@@H](CCC(N)=O)C(=O)O)CC1. The number of carbonyl (C=O) groups is 3. The summed E-state index contributed by atoms with van der Waals surface area (Å²) in [5.74, 6) is -1.76. The minimum atomic E-state index is -1.17. The first-order valence-corrected chi connectivity index (χ1v) is 7.12. The number of hydrogen-bond acceptors (Lipinski definition) is 4. The first-order chi connectivity index (χ1) is 9.93. The van der Waals surface area contributed by atoms with Crippen LogP contribution in [-0.2, 0) is 14.3 Å². The van der Waals surface area contributed by atoms with Crippen LogP contribution in [0.5, 0.6) is 0 Å². The molecule has 1 aliphatic heterocycles. The third-order valence-electron chi connectivity index (χ3n) is 3.41. The van der Waals surface area contributed by atoms with Crippen LogP contribution in [-0.4, -0.2) is 59.8 Å². The molecule has 0 aromatic heterocycles. The minimum absolute atomic E-state index is 0.00812. The third-order valence-corrected chi connectivity index (χ3v) is 3.41. The first-order valence-electron chi connectivity index (χ1n) is 7.12. The fourth-order valence-corrected chi connectivity index (χ4v) is 2.25. The number of carbonyl (C=O) groups excluding carboxylic acids is 2. The number of hydrogen-bond donors (Lipinski definition) is 3. The van der Waals surface area contributed by atoms with Crippen molar-refractivity contribution in [1.82, 2.24) is 10.2 Å². The predicted octanol–water partition coefficient (Wildman–Crippen LogP) is -0.0844. The van der Waals surface area contributed by atoms with Crippen molar-refractivity contribution in [3.8, 4) is 0 Å². The molecule has 0 bridgehead atoms. The Morgan fingerprint density at radius 1 is 1.38 bits per heavy atom. The van der Waals surface area contributed by atoms with E-state index in [1.54, 1.807) is 4.90 Å². The summed E-state index contributed by atoms with van der Waals surface area (Å²) >= 11 is 0. The summed E-state index contributed by atoms with van der Waals surface area (Å²) in [5.41, 5.74) is 4.99. The Labute approximate surface area is 123 Å². The van der Waals surface area contributed by atoms with Gasteiger partial charge in [0.25, 0.3) is 0 Å². The van der Waals surface area contributed by atoms with E-state index in [2.05, 4.69) is 5.32 Å². The van der Waals surface area contributed by atoms with Crippen molar-refractivity contribution in [2.24, 2.45) is 5.73 Å². The molecule has 0 saturated carbocycles. The van der Waals surface area contributed by atoms with Crippen LogP contribution in [0.15, 0.2) is 0 Å². The number of likely N-dealkylation sites (tertiary alicyclic amines) is 1. The molecular formula is C13H23N3O5. The summed E-state index contributed by atoms with van der Waals surface area (Å²) in [6.45, 7) is 3.62. The molecule has 0 aromatic rings. The maximum atomic E-state index is 12.0. The average molecular weight is 301 g/mol. The van der Waals surface area contributed by atoms with Gasteiger partial charge in [0, 0.05) is 26.1 Å². The number of nitrogens with zero attached hydrogens (tertiary/aromatic N) is 1. The zero-order valence-corrected chi connectivity index (χ0v) is 12.2. The number of aliphatic carboxylic acids is 1. The Morgan fingerprint density at radius 3 is 2.48 bits per heavy atom. The number of ether oxygens (including phenoxy) is 1. The zero-order chi connectivity index (χ0) is 15.8. The number of urea groups is 1. The van der Waals surface area contributed by atoms with E-state index >= 15 is 0 Å². The van der Waals surface area contributed by atoms with Crippen molar-refractivity contribution in [2.45, 2.75) is 44.8 Å². The summed E-state index contributed by atoms with van der Waals surface area (Å²) in [6.07, 6.45) is 1.54. The summed E-state index contributed by atoms with van der Waals surface area (Å²) < 4.78 is 5.49. The highest BCUT2D eigenvalue weighted by Crippen LogP contribution is 2.14. The number of nitrogens with one attached hydrogen (secondary N) is 1. The van der Waals surface area contributed by atoms with E-state index in [-0.39, 0.29) is 18.9 Å². The Balaban J connectivity index is 2.43. The van der Waals surface area contributed by atoms with Crippen molar-refractivity contribution in [3.63, 3.8) is 0 Å². The number of carboxylic acids is 1. The molecule has 8 nitrogen and oxygen atoms in total. The maximum Gasteiger partial charge on any atom is 0.326 e. The van der Waals surface area contributed by atoms with Gasteiger partial charge in [-0.2, -0.15) is 0 Å². The second-order valence-electron chi connectivity index (χ2n) is 4.99. The number of piperidine rings is 1. The largest absolute Gasteiger partial charge is 0.480 e. The van der Waals surface area contributed by atoms with Crippen molar-refractivity contribution in [3.05, 3.63) is 0 Å². The molecule has 4 N–H and O–H groups in total. The van der Waals surface area contributed by atoms with E-state index in [9.17, 15) is 14.4 Å². The highest BCUT2D eigenvalue weighted by Gasteiger charge is 2.26. The van der Waals surface area contributed by atoms with Crippen molar-refractivity contribution in [2.75, 3.05) is 19.7 Å². The lowest BCUT2D eigenvalue weighted by atomic mass is 10.1. The molecule has 8 heteroatoms. The van der Waals surface area contributed by atoms with Crippen LogP contribution >= 0.6 is 0 Å². The van der Waals surface area contributed by atoms with Crippen molar-refractivity contribution in [1.29, 1.82) is 0 Å². The second kappa shape index (κ2) is 8.46. The monoisotopic (exact) mass is 301 g/mol. The van der Waals surface area contributed by atoms with Gasteiger partial charge >= 0.3 is 12.0 Å². The van der Waals surface area contributed by atoms with Crippen LogP contribution in [0.25, 0.3) is 0 Å². The Bertz CT molecular complexity index is 380. The van der Waals surface area contributed by atoms with Gasteiger partial charge in [-0.05, 0) is 26.2 Å². The Kier molecular flexibility index (Phi) is 6.93. The molecule has 1 heterocycles. The normalized spacial score (nSPS) is 17.3. The van der Waals surface area contributed by atoms with Crippen LogP contribution in [0.2, 0.25) is 0 Å². The standard InChI is InChI=1S/C13H23N3O5/c1-2-21-9-5-7-16(8-6-9)13(20)15-10(12(18)19)3-4-11(14)17/h9-10H,2-8H2,1H3,(H2,14,17)(H,15,20)(H,18,19)/t10-/m0/s1. The smallest absolute Gasteiger partial charge is 0.326 e. The lowest BCUT2D eigenvalue weighted by Crippen LogP contribution is -2.51. The molecule has 1 aliphatic rings. The molecule has 1 saturated heterocycles. The van der Waals surface area contributed by atoms with Crippen LogP contribution in [0, 0.1) is 0 Å². The molecule has 3 amide bonds. The van der Waals surface area contributed by atoms with E-state index in [0.717, 1.165) is 12.8 Å². The van der Waals surface area contributed by atoms with Crippen LogP contribution in [0.3, 0.4) is 0 Å². The van der Waals surface area contributed by atoms with E-state index < -0.39 is 23.9 Å². The molecule has 0 unspecified atom stereocenters. The zero-order valence-electron chi connectivity index (χ0n) is 12.2. The summed E-state index contributed by atoms with van der Waals surface area (Å²) in [6, 6.07) is -1.53. The Hall–Kier alpha value is -1.83. The molecule has 0 radical (unpaired) electrons. The van der Waals surface area contributed by atoms with Crippen molar-refractivity contribution >= 4 is 17.9 Å². The van der Waals surface area contributed by atoms with Gasteiger partial charge < -0.3 is 25.8 Å². The van der Waals surface area contributed by atoms with Gasteiger partial charge in [0.15, 0.2) is 0 Å². The fourth-order valence-electron chi connectivity index (χ4n) is 2.25. The molecule has 120 valence electrons. The van der Waals surface area contributed by atoms with Crippen LogP contribution < -0.4 is 11.1 Å². The summed E-state index contributed by atoms with van der Waals surface area (Å²) in [5, 5.41) is 11.5. The molecule has 0 aromatic carbocycles. The van der Waals surface area contributed by atoms with Gasteiger partial charge in [-0.1, -0.05) is 0 Å². The minimum Gasteiger partial charge on any atom is -0.480 e. The van der Waals surface area contributed by atoms with Gasteiger partial charge in [0.05, 0.1) is 6.10 Å². The lowest BCUT2D eigenvalue weighted by molar-refractivity contribution is -0.139. The van der Waals surface area contributed by atoms with Crippen molar-refractivity contribution < 1.29 is 24.2 Å². The molecule has 21 heavy (non-hydrogen) atoms. The van der Waals surface area contributed by atoms with E-state index in [0.29, 0.717) is 19.7 Å². The highest BCUT2D eigenvalue weighted by molar-refractivity contribution is 5.83. The molecule has 1 atom stereocenters. The maximum absolute atomic E-state index is 12.0. The Morgan fingerprint density at radius 2 is 2.00 bits per heavy atom. The third kappa shape index (κ3) is 5.99. The molecule has 0 spiro atoms. The topological polar surface area (TPSA) is 122 Å². The van der Waals surface area contributed by atoms with E-state index in [4.69, 9.17) is 15.6 Å². The van der Waals surface area contributed by atoms with Gasteiger partial charge in [-0.25, -0.2) is 9.59 Å². The molecule has 1 fully saturated rings. The van der Waals surface area contributed by atoms with Crippen LogP contribution in [0.1, 0.15) is 32.6 Å². The summed E-state index contributed by atoms with van der Waals surface area (Å²) in [4.78, 5) is 35.3. The summed E-state index contributed by atoms with van der Waals surface area (Å²) in [7, 11) is 0. The highest BCUT2D eigenvalue weighted by atomic mass is 16.5. The molecular weight excluding hydrogens is 278 g/mol. The van der Waals surface area contributed by atoms with Gasteiger partial charge in [-0.15, -0.1) is 0 Å². The second-order valence-corrected chi connectivity index (χ2v) is 4.99. The predicted molar refractivity (Wildman–Crippen MR) is 74.6 cm³/mol. The van der Waals surface area contributed by atoms with E-state index in [1.807, 2.05) is 6.92 Å². The van der Waals surface area contributed by atoms with Crippen LogP contribution in [0.4, 0.5) is 4.79 Å². The molecule has 1 rings (SSSR count). The number of nitrogens with two attached hydrogens (primary N) is 1.